The van der Waals surface area contributed by atoms with E-state index in [1.54, 1.807) is 35.3 Å². The van der Waals surface area contributed by atoms with Crippen molar-refractivity contribution in [2.24, 2.45) is 0 Å². The summed E-state index contributed by atoms with van der Waals surface area (Å²) in [5.74, 6) is -0.553. The SMILES string of the molecule is Fc1ccc2[nH]c3c(CCCn4cncn4)c4[nH]c5ccc(F)cc5c4cc3c2c1. The first-order valence-corrected chi connectivity index (χ1v) is 9.83. The Hall–Kier alpha value is -3.74. The molecule has 0 atom stereocenters. The van der Waals surface area contributed by atoms with Gasteiger partial charge in [-0.1, -0.05) is 0 Å². The van der Waals surface area contributed by atoms with E-state index in [2.05, 4.69) is 20.1 Å². The number of benzene rings is 3. The number of hydrogen-bond acceptors (Lipinski definition) is 2. The van der Waals surface area contributed by atoms with Gasteiger partial charge in [0.2, 0.25) is 0 Å². The summed E-state index contributed by atoms with van der Waals surface area (Å²) in [5, 5.41) is 7.71. The van der Waals surface area contributed by atoms with E-state index in [4.69, 9.17) is 0 Å². The minimum atomic E-state index is -0.277. The van der Waals surface area contributed by atoms with Gasteiger partial charge >= 0.3 is 0 Å². The van der Waals surface area contributed by atoms with E-state index in [1.807, 2.05) is 6.07 Å². The molecule has 3 heterocycles. The minimum Gasteiger partial charge on any atom is -0.354 e. The van der Waals surface area contributed by atoms with Crippen LogP contribution in [0.15, 0.2) is 55.1 Å². The summed E-state index contributed by atoms with van der Waals surface area (Å²) in [4.78, 5) is 10.9. The predicted molar refractivity (Wildman–Crippen MR) is 113 cm³/mol. The summed E-state index contributed by atoms with van der Waals surface area (Å²) in [5.41, 5.74) is 4.83. The average molecular weight is 401 g/mol. The zero-order chi connectivity index (χ0) is 20.2. The van der Waals surface area contributed by atoms with Gasteiger partial charge in [0.15, 0.2) is 0 Å². The summed E-state index contributed by atoms with van der Waals surface area (Å²) in [6.07, 6.45) is 4.86. The van der Waals surface area contributed by atoms with Crippen molar-refractivity contribution in [3.8, 4) is 0 Å². The van der Waals surface area contributed by atoms with Crippen molar-refractivity contribution >= 4 is 43.6 Å². The van der Waals surface area contributed by atoms with Gasteiger partial charge < -0.3 is 9.97 Å². The summed E-state index contributed by atoms with van der Waals surface area (Å²) in [7, 11) is 0. The average Bonchev–Trinajstić information content (AvgIpc) is 3.45. The third-order valence-corrected chi connectivity index (χ3v) is 5.77. The van der Waals surface area contributed by atoms with Crippen LogP contribution in [0.25, 0.3) is 43.6 Å². The summed E-state index contributed by atoms with van der Waals surface area (Å²) >= 11 is 0. The van der Waals surface area contributed by atoms with Crippen LogP contribution in [-0.2, 0) is 13.0 Å². The van der Waals surface area contributed by atoms with Crippen LogP contribution in [0.4, 0.5) is 8.78 Å². The highest BCUT2D eigenvalue weighted by Gasteiger charge is 2.17. The first kappa shape index (κ1) is 17.1. The van der Waals surface area contributed by atoms with Crippen LogP contribution in [-0.4, -0.2) is 24.7 Å². The molecule has 0 spiro atoms. The molecule has 0 radical (unpaired) electrons. The second kappa shape index (κ2) is 6.38. The van der Waals surface area contributed by atoms with Gasteiger partial charge in [-0.15, -0.1) is 0 Å². The molecule has 0 saturated heterocycles. The maximum absolute atomic E-state index is 14.0. The van der Waals surface area contributed by atoms with Crippen LogP contribution in [0.5, 0.6) is 0 Å². The first-order chi connectivity index (χ1) is 14.7. The molecule has 0 bridgehead atoms. The van der Waals surface area contributed by atoms with Gasteiger partial charge in [0, 0.05) is 44.7 Å². The zero-order valence-corrected chi connectivity index (χ0v) is 15.9. The molecule has 2 N–H and O–H groups in total. The van der Waals surface area contributed by atoms with Gasteiger partial charge in [0.25, 0.3) is 0 Å². The molecule has 5 nitrogen and oxygen atoms in total. The number of rotatable bonds is 4. The number of aryl methyl sites for hydroxylation is 2. The molecule has 6 aromatic rings. The van der Waals surface area contributed by atoms with E-state index in [-0.39, 0.29) is 11.6 Å². The fourth-order valence-electron chi connectivity index (χ4n) is 4.43. The van der Waals surface area contributed by atoms with Crippen molar-refractivity contribution in [3.05, 3.63) is 72.3 Å². The lowest BCUT2D eigenvalue weighted by atomic mass is 10.00. The van der Waals surface area contributed by atoms with Crippen molar-refractivity contribution in [2.45, 2.75) is 19.4 Å². The maximum atomic E-state index is 14.0. The Kier molecular flexibility index (Phi) is 3.65. The molecule has 3 aromatic carbocycles. The summed E-state index contributed by atoms with van der Waals surface area (Å²) in [6.45, 7) is 0.738. The number of H-pyrrole nitrogens is 2. The fourth-order valence-corrected chi connectivity index (χ4v) is 4.43. The molecule has 3 aromatic heterocycles. The standard InChI is InChI=1S/C23H17F2N5/c24-13-3-5-20-16(8-13)18-10-19-17-9-14(25)4-6-21(17)29-23(19)15(22(18)28-20)2-1-7-30-12-26-11-27-30/h3-6,8-12,28-29H,1-2,7H2. The number of fused-ring (bicyclic) bond motifs is 6. The summed E-state index contributed by atoms with van der Waals surface area (Å²) in [6, 6.07) is 11.6. The molecule has 148 valence electrons. The molecule has 0 aliphatic heterocycles. The van der Waals surface area contributed by atoms with Crippen LogP contribution in [0.3, 0.4) is 0 Å². The highest BCUT2D eigenvalue weighted by atomic mass is 19.1. The number of aromatic amines is 2. The van der Waals surface area contributed by atoms with E-state index in [0.29, 0.717) is 0 Å². The second-order valence-electron chi connectivity index (χ2n) is 7.59. The molecular weight excluding hydrogens is 384 g/mol. The van der Waals surface area contributed by atoms with Crippen LogP contribution in [0.2, 0.25) is 0 Å². The molecule has 30 heavy (non-hydrogen) atoms. The Morgan fingerprint density at radius 1 is 0.800 bits per heavy atom. The lowest BCUT2D eigenvalue weighted by Gasteiger charge is -2.07. The van der Waals surface area contributed by atoms with Crippen LogP contribution < -0.4 is 0 Å². The van der Waals surface area contributed by atoms with Crippen molar-refractivity contribution in [1.82, 2.24) is 24.7 Å². The van der Waals surface area contributed by atoms with Gasteiger partial charge in [-0.2, -0.15) is 5.10 Å². The van der Waals surface area contributed by atoms with Gasteiger partial charge in [-0.3, -0.25) is 4.68 Å². The quantitative estimate of drug-likeness (QED) is 0.412. The molecule has 0 aliphatic carbocycles. The molecule has 0 aliphatic rings. The monoisotopic (exact) mass is 401 g/mol. The Labute approximate surface area is 169 Å². The van der Waals surface area contributed by atoms with E-state index in [1.165, 1.54) is 18.5 Å². The zero-order valence-electron chi connectivity index (χ0n) is 15.9. The molecule has 0 fully saturated rings. The Balaban J connectivity index is 1.61. The van der Waals surface area contributed by atoms with Gasteiger partial charge in [-0.25, -0.2) is 13.8 Å². The lowest BCUT2D eigenvalue weighted by Crippen LogP contribution is -2.00. The third-order valence-electron chi connectivity index (χ3n) is 5.77. The Morgan fingerprint density at radius 2 is 1.43 bits per heavy atom. The van der Waals surface area contributed by atoms with Crippen LogP contribution >= 0.6 is 0 Å². The highest BCUT2D eigenvalue weighted by Crippen LogP contribution is 2.37. The van der Waals surface area contributed by atoms with Crippen molar-refractivity contribution < 1.29 is 8.78 Å². The van der Waals surface area contributed by atoms with E-state index < -0.39 is 0 Å². The normalized spacial score (nSPS) is 12.1. The van der Waals surface area contributed by atoms with Crippen molar-refractivity contribution in [2.75, 3.05) is 0 Å². The van der Waals surface area contributed by atoms with Crippen molar-refractivity contribution in [3.63, 3.8) is 0 Å². The van der Waals surface area contributed by atoms with Crippen LogP contribution in [0, 0.1) is 11.6 Å². The number of hydrogen-bond donors (Lipinski definition) is 2. The molecule has 0 saturated carbocycles. The predicted octanol–water partition coefficient (Wildman–Crippen LogP) is 5.46. The van der Waals surface area contributed by atoms with Crippen molar-refractivity contribution in [1.29, 1.82) is 0 Å². The molecule has 7 heteroatoms. The molecule has 0 unspecified atom stereocenters. The number of halogens is 2. The first-order valence-electron chi connectivity index (χ1n) is 9.83. The van der Waals surface area contributed by atoms with Gasteiger partial charge in [0.1, 0.15) is 24.3 Å². The number of aromatic nitrogens is 5. The smallest absolute Gasteiger partial charge is 0.137 e. The van der Waals surface area contributed by atoms with Gasteiger partial charge in [0.05, 0.1) is 11.0 Å². The molecular formula is C23H17F2N5. The lowest BCUT2D eigenvalue weighted by molar-refractivity contribution is 0.578. The second-order valence-corrected chi connectivity index (χ2v) is 7.59. The Morgan fingerprint density at radius 3 is 2.00 bits per heavy atom. The van der Waals surface area contributed by atoms with Gasteiger partial charge in [-0.05, 0) is 55.3 Å². The van der Waals surface area contributed by atoms with E-state index in [9.17, 15) is 8.78 Å². The Bertz CT molecular complexity index is 1450. The summed E-state index contributed by atoms with van der Waals surface area (Å²) < 4.78 is 29.8. The third kappa shape index (κ3) is 2.58. The van der Waals surface area contributed by atoms with E-state index in [0.717, 1.165) is 68.6 Å². The largest absolute Gasteiger partial charge is 0.354 e. The molecule has 6 rings (SSSR count). The fraction of sp³-hybridized carbons (Fsp3) is 0.130. The molecule has 0 amide bonds. The highest BCUT2D eigenvalue weighted by molar-refractivity contribution is 6.19. The number of nitrogens with zero attached hydrogens (tertiary/aromatic N) is 3. The topological polar surface area (TPSA) is 62.3 Å². The van der Waals surface area contributed by atoms with Crippen LogP contribution in [0.1, 0.15) is 12.0 Å². The van der Waals surface area contributed by atoms with E-state index >= 15 is 0 Å². The number of nitrogens with one attached hydrogen (secondary N) is 2. The minimum absolute atomic E-state index is 0.277. The maximum Gasteiger partial charge on any atom is 0.137 e.